The predicted octanol–water partition coefficient (Wildman–Crippen LogP) is 5.66. The molecule has 3 aromatic rings. The number of hydrogen-bond donors (Lipinski definition) is 1. The van der Waals surface area contributed by atoms with Gasteiger partial charge in [0.15, 0.2) is 11.5 Å². The van der Waals surface area contributed by atoms with Crippen LogP contribution in [0.2, 0.25) is 0 Å². The highest BCUT2D eigenvalue weighted by molar-refractivity contribution is 14.1. The number of halogens is 3. The highest BCUT2D eigenvalue weighted by Crippen LogP contribution is 2.32. The van der Waals surface area contributed by atoms with Crippen molar-refractivity contribution in [2.24, 2.45) is 5.10 Å². The van der Waals surface area contributed by atoms with Gasteiger partial charge < -0.3 is 14.2 Å². The zero-order chi connectivity index (χ0) is 22.5. The van der Waals surface area contributed by atoms with E-state index in [0.29, 0.717) is 18.1 Å². The standard InChI is InChI=1S/C23H17BrI2N2O4/c24-17-4-1-14(2-5-17)12-30-23-18(25)7-16(8-19(23)26)11-27-28-22(29)10-15-3-6-20-21(9-15)32-13-31-20/h1-9,11H,10,12-13H2,(H,28,29)/b27-11-. The van der Waals surface area contributed by atoms with E-state index < -0.39 is 0 Å². The number of rotatable bonds is 7. The van der Waals surface area contributed by atoms with Crippen molar-refractivity contribution in [2.75, 3.05) is 6.79 Å². The minimum atomic E-state index is -0.209. The highest BCUT2D eigenvalue weighted by atomic mass is 127. The molecule has 6 nitrogen and oxygen atoms in total. The number of carbonyl (C=O) groups excluding carboxylic acids is 1. The van der Waals surface area contributed by atoms with Crippen molar-refractivity contribution >= 4 is 73.2 Å². The minimum absolute atomic E-state index is 0.200. The lowest BCUT2D eigenvalue weighted by atomic mass is 10.1. The third kappa shape index (κ3) is 6.13. The van der Waals surface area contributed by atoms with Crippen LogP contribution in [0.3, 0.4) is 0 Å². The molecule has 1 aliphatic heterocycles. The molecule has 0 unspecified atom stereocenters. The van der Waals surface area contributed by atoms with E-state index >= 15 is 0 Å². The Balaban J connectivity index is 1.33. The normalized spacial score (nSPS) is 12.2. The predicted molar refractivity (Wildman–Crippen MR) is 142 cm³/mol. The zero-order valence-electron chi connectivity index (χ0n) is 16.6. The molecule has 0 aromatic heterocycles. The van der Waals surface area contributed by atoms with E-state index in [9.17, 15) is 4.79 Å². The number of ether oxygens (including phenoxy) is 3. The summed E-state index contributed by atoms with van der Waals surface area (Å²) in [5, 5.41) is 4.09. The molecule has 32 heavy (non-hydrogen) atoms. The van der Waals surface area contributed by atoms with Crippen molar-refractivity contribution in [3.05, 3.63) is 82.9 Å². The monoisotopic (exact) mass is 718 g/mol. The van der Waals surface area contributed by atoms with Crippen LogP contribution in [0.25, 0.3) is 0 Å². The Morgan fingerprint density at radius 2 is 1.72 bits per heavy atom. The zero-order valence-corrected chi connectivity index (χ0v) is 22.5. The van der Waals surface area contributed by atoms with Crippen LogP contribution in [-0.4, -0.2) is 18.9 Å². The topological polar surface area (TPSA) is 69.2 Å². The summed E-state index contributed by atoms with van der Waals surface area (Å²) < 4.78 is 19.6. The Morgan fingerprint density at radius 3 is 2.47 bits per heavy atom. The number of hydrogen-bond acceptors (Lipinski definition) is 5. The minimum Gasteiger partial charge on any atom is -0.487 e. The number of benzene rings is 3. The van der Waals surface area contributed by atoms with Crippen LogP contribution in [-0.2, 0) is 17.8 Å². The van der Waals surface area contributed by atoms with E-state index in [-0.39, 0.29) is 19.1 Å². The molecule has 4 rings (SSSR count). The second-order valence-corrected chi connectivity index (χ2v) is 10.1. The lowest BCUT2D eigenvalue weighted by Gasteiger charge is -2.11. The molecule has 1 heterocycles. The lowest BCUT2D eigenvalue weighted by molar-refractivity contribution is -0.120. The third-order valence-electron chi connectivity index (χ3n) is 4.52. The van der Waals surface area contributed by atoms with Gasteiger partial charge in [-0.2, -0.15) is 5.10 Å². The van der Waals surface area contributed by atoms with Gasteiger partial charge in [-0.25, -0.2) is 5.43 Å². The number of fused-ring (bicyclic) bond motifs is 1. The summed E-state index contributed by atoms with van der Waals surface area (Å²) in [6.07, 6.45) is 1.83. The van der Waals surface area contributed by atoms with Crippen molar-refractivity contribution in [1.82, 2.24) is 5.43 Å². The van der Waals surface area contributed by atoms with Crippen LogP contribution in [0.15, 0.2) is 64.2 Å². The molecule has 0 spiro atoms. The van der Waals surface area contributed by atoms with Crippen molar-refractivity contribution in [3.63, 3.8) is 0 Å². The summed E-state index contributed by atoms with van der Waals surface area (Å²) in [5.41, 5.74) is 5.37. The van der Waals surface area contributed by atoms with Crippen molar-refractivity contribution < 1.29 is 19.0 Å². The second-order valence-electron chi connectivity index (χ2n) is 6.89. The maximum Gasteiger partial charge on any atom is 0.244 e. The molecule has 0 radical (unpaired) electrons. The first kappa shape index (κ1) is 23.3. The number of amides is 1. The van der Waals surface area contributed by atoms with Gasteiger partial charge in [-0.15, -0.1) is 0 Å². The first-order chi connectivity index (χ1) is 15.5. The molecule has 1 amide bonds. The van der Waals surface area contributed by atoms with E-state index in [0.717, 1.165) is 34.1 Å². The van der Waals surface area contributed by atoms with Gasteiger partial charge in [-0.3, -0.25) is 4.79 Å². The molecule has 0 saturated heterocycles. The fourth-order valence-electron chi connectivity index (χ4n) is 2.98. The molecule has 3 aromatic carbocycles. The molecule has 0 bridgehead atoms. The van der Waals surface area contributed by atoms with E-state index in [1.807, 2.05) is 48.5 Å². The van der Waals surface area contributed by atoms with Gasteiger partial charge in [0.1, 0.15) is 12.4 Å². The van der Waals surface area contributed by atoms with Gasteiger partial charge in [0.05, 0.1) is 19.8 Å². The van der Waals surface area contributed by atoms with Crippen LogP contribution in [0.4, 0.5) is 0 Å². The summed E-state index contributed by atoms with van der Waals surface area (Å²) in [4.78, 5) is 12.2. The highest BCUT2D eigenvalue weighted by Gasteiger charge is 2.14. The molecule has 0 aliphatic carbocycles. The average Bonchev–Trinajstić information content (AvgIpc) is 3.22. The molecular weight excluding hydrogens is 702 g/mol. The van der Waals surface area contributed by atoms with E-state index in [2.05, 4.69) is 71.6 Å². The van der Waals surface area contributed by atoms with Gasteiger partial charge in [0.25, 0.3) is 0 Å². The molecule has 1 N–H and O–H groups in total. The van der Waals surface area contributed by atoms with Gasteiger partial charge in [-0.1, -0.05) is 34.1 Å². The fourth-order valence-corrected chi connectivity index (χ4v) is 5.37. The SMILES string of the molecule is O=C(Cc1ccc2c(c1)OCO2)N/N=C\c1cc(I)c(OCc2ccc(Br)cc2)c(I)c1. The summed E-state index contributed by atoms with van der Waals surface area (Å²) in [6, 6.07) is 17.4. The van der Waals surface area contributed by atoms with Crippen LogP contribution in [0, 0.1) is 7.14 Å². The smallest absolute Gasteiger partial charge is 0.244 e. The van der Waals surface area contributed by atoms with Crippen LogP contribution in [0.1, 0.15) is 16.7 Å². The second kappa shape index (κ2) is 10.8. The summed E-state index contributed by atoms with van der Waals surface area (Å²) >= 11 is 7.93. The maximum atomic E-state index is 12.2. The molecule has 1 aliphatic rings. The third-order valence-corrected chi connectivity index (χ3v) is 6.65. The van der Waals surface area contributed by atoms with Gasteiger partial charge in [0.2, 0.25) is 12.7 Å². The number of carbonyl (C=O) groups is 1. The van der Waals surface area contributed by atoms with Crippen molar-refractivity contribution in [1.29, 1.82) is 0 Å². The van der Waals surface area contributed by atoms with Crippen molar-refractivity contribution in [3.8, 4) is 17.2 Å². The quantitative estimate of drug-likeness (QED) is 0.195. The molecule has 0 atom stereocenters. The Morgan fingerprint density at radius 1 is 1.03 bits per heavy atom. The van der Waals surface area contributed by atoms with Crippen LogP contribution < -0.4 is 19.6 Å². The number of hydrazone groups is 1. The Bertz CT molecular complexity index is 1150. The van der Waals surface area contributed by atoms with Gasteiger partial charge in [0, 0.05) is 4.47 Å². The molecular formula is C23H17BrI2N2O4. The first-order valence-corrected chi connectivity index (χ1v) is 12.5. The molecule has 0 saturated carbocycles. The molecule has 164 valence electrons. The Labute approximate surface area is 221 Å². The lowest BCUT2D eigenvalue weighted by Crippen LogP contribution is -2.19. The van der Waals surface area contributed by atoms with E-state index in [1.54, 1.807) is 12.3 Å². The number of nitrogens with one attached hydrogen (secondary N) is 1. The Hall–Kier alpha value is -1.86. The van der Waals surface area contributed by atoms with E-state index in [4.69, 9.17) is 14.2 Å². The summed E-state index contributed by atoms with van der Waals surface area (Å²) in [6.45, 7) is 0.698. The summed E-state index contributed by atoms with van der Waals surface area (Å²) in [5.74, 6) is 1.98. The van der Waals surface area contributed by atoms with Crippen LogP contribution >= 0.6 is 61.1 Å². The van der Waals surface area contributed by atoms with Crippen LogP contribution in [0.5, 0.6) is 17.2 Å². The fraction of sp³-hybridized carbons (Fsp3) is 0.130. The maximum absolute atomic E-state index is 12.2. The van der Waals surface area contributed by atoms with E-state index in [1.165, 1.54) is 0 Å². The van der Waals surface area contributed by atoms with Crippen molar-refractivity contribution in [2.45, 2.75) is 13.0 Å². The average molecular weight is 719 g/mol. The molecule has 9 heteroatoms. The molecule has 0 fully saturated rings. The van der Waals surface area contributed by atoms with Gasteiger partial charge in [-0.05, 0) is 98.3 Å². The van der Waals surface area contributed by atoms with Gasteiger partial charge >= 0.3 is 0 Å². The Kier molecular flexibility index (Phi) is 7.89. The largest absolute Gasteiger partial charge is 0.487 e. The first-order valence-electron chi connectivity index (χ1n) is 9.54. The number of nitrogens with zero attached hydrogens (tertiary/aromatic N) is 1. The summed E-state index contributed by atoms with van der Waals surface area (Å²) in [7, 11) is 0.